The minimum absolute atomic E-state index is 0.0427. The van der Waals surface area contributed by atoms with Gasteiger partial charge in [0.15, 0.2) is 17.4 Å². The summed E-state index contributed by atoms with van der Waals surface area (Å²) in [5.41, 5.74) is 14.2. The van der Waals surface area contributed by atoms with Crippen molar-refractivity contribution in [3.63, 3.8) is 0 Å². The molecule has 0 radical (unpaired) electrons. The molecule has 0 spiro atoms. The van der Waals surface area contributed by atoms with Crippen LogP contribution < -0.4 is 30.5 Å². The van der Waals surface area contributed by atoms with E-state index in [1.807, 2.05) is 92.7 Å². The number of nitrogens with zero attached hydrogens (tertiary/aromatic N) is 10. The van der Waals surface area contributed by atoms with Gasteiger partial charge in [-0.05, 0) is 80.8 Å². The van der Waals surface area contributed by atoms with Crippen LogP contribution in [-0.2, 0) is 14.4 Å². The third kappa shape index (κ3) is 10.0. The zero-order chi connectivity index (χ0) is 52.1. The molecule has 4 aromatic heterocycles. The summed E-state index contributed by atoms with van der Waals surface area (Å²) in [6.07, 6.45) is 4.29. The summed E-state index contributed by atoms with van der Waals surface area (Å²) < 4.78 is 12.3. The number of nitrogens with one attached hydrogen (secondary N) is 1. The molecule has 6 atom stereocenters. The number of likely N-dealkylation sites (tertiary alicyclic amines) is 1. The van der Waals surface area contributed by atoms with E-state index in [1.165, 1.54) is 4.90 Å². The number of piperazine rings is 2. The first kappa shape index (κ1) is 49.9. The number of thiazole rings is 1. The SMILES string of the molecule is Cc1ncsc1-c1ccc([C@H](C)NC(=O)[C@@H]2C[C@@H](O)CN2C(=O)[C@@H](c2cc(N3CCN(C(=O)C4CC(Oc5cc(N6C7CCC6CN(c6cc(-c8ccccc8O)nnc6N)C7)ccn5)C4)CC3)no2)C(C)C)cc1. The first-order valence-electron chi connectivity index (χ1n) is 26.1. The van der Waals surface area contributed by atoms with E-state index in [2.05, 4.69) is 45.3 Å². The Kier molecular flexibility index (Phi) is 13.8. The van der Waals surface area contributed by atoms with Gasteiger partial charge in [-0.15, -0.1) is 21.5 Å². The standard InChI is InChI=1S/C55H64N12O7S/c1-31(2)50(55(72)66-29-40(68)24-45(66)53(70)59-32(3)34-9-11-35(12-10-34)51-33(4)58-30-75-51)47-26-48(62-74-47)63-17-19-64(20-18-63)54(71)36-21-41(22-36)73-49-23-37(15-16-57-49)67-38-13-14-39(67)28-65(27-38)44-25-43(60-61-52(44)56)42-7-5-6-8-46(42)69/h5-12,15-16,23,25-26,30-32,36,38-41,45,50,68-69H,13-14,17-22,24,27-29H2,1-4H3,(H2,56,61)(H,59,70)/t32-,36?,38?,39?,40+,41?,45-,50+/m0/s1. The number of phenolic OH excluding ortho intramolecular Hbond substituents is 1. The van der Waals surface area contributed by atoms with Crippen LogP contribution in [0.15, 0.2) is 89.0 Å². The third-order valence-electron chi connectivity index (χ3n) is 15.9. The quantitative estimate of drug-likeness (QED) is 0.0953. The van der Waals surface area contributed by atoms with Crippen molar-refractivity contribution in [1.29, 1.82) is 0 Å². The van der Waals surface area contributed by atoms with Gasteiger partial charge in [-0.1, -0.05) is 55.4 Å². The number of rotatable bonds is 14. The van der Waals surface area contributed by atoms with Crippen molar-refractivity contribution in [2.75, 3.05) is 66.2 Å². The predicted molar refractivity (Wildman–Crippen MR) is 284 cm³/mol. The van der Waals surface area contributed by atoms with E-state index in [1.54, 1.807) is 35.7 Å². The zero-order valence-corrected chi connectivity index (χ0v) is 43.5. The van der Waals surface area contributed by atoms with Crippen LogP contribution in [0.1, 0.15) is 81.9 Å². The van der Waals surface area contributed by atoms with Crippen LogP contribution in [0.3, 0.4) is 0 Å². The number of carbonyl (C=O) groups is 3. The van der Waals surface area contributed by atoms with E-state index in [0.717, 1.165) is 59.0 Å². The number of benzene rings is 2. The van der Waals surface area contributed by atoms with E-state index >= 15 is 0 Å². The average molecular weight is 1040 g/mol. The van der Waals surface area contributed by atoms with Gasteiger partial charge < -0.3 is 55.0 Å². The zero-order valence-electron chi connectivity index (χ0n) is 42.7. The minimum Gasteiger partial charge on any atom is -0.507 e. The highest BCUT2D eigenvalue weighted by molar-refractivity contribution is 7.13. The maximum Gasteiger partial charge on any atom is 0.243 e. The van der Waals surface area contributed by atoms with Crippen LogP contribution in [0, 0.1) is 18.8 Å². The second kappa shape index (κ2) is 20.8. The van der Waals surface area contributed by atoms with Crippen LogP contribution in [0.5, 0.6) is 11.6 Å². The number of aromatic hydroxyl groups is 1. The molecule has 11 rings (SSSR count). The Hall–Kier alpha value is -7.32. The number of aromatic nitrogens is 5. The molecule has 392 valence electrons. The molecular formula is C55H64N12O7S. The van der Waals surface area contributed by atoms with E-state index in [-0.39, 0.29) is 72.5 Å². The number of fused-ring (bicyclic) bond motifs is 2. The fraction of sp³-hybridized carbons (Fsp3) is 0.455. The molecule has 5 aliphatic rings. The van der Waals surface area contributed by atoms with Gasteiger partial charge in [0, 0.05) is 99.8 Å². The molecule has 6 aromatic rings. The second-order valence-corrected chi connectivity index (χ2v) is 22.0. The number of phenols is 1. The number of hydrogen-bond donors (Lipinski definition) is 4. The number of β-amino-alcohol motifs (C(OH)–C–C–N with tert-alkyl or cyclic N) is 1. The molecule has 75 heavy (non-hydrogen) atoms. The van der Waals surface area contributed by atoms with Crippen molar-refractivity contribution in [2.45, 2.75) is 102 Å². The molecule has 4 saturated heterocycles. The highest BCUT2D eigenvalue weighted by atomic mass is 32.1. The summed E-state index contributed by atoms with van der Waals surface area (Å²) in [7, 11) is 0. The van der Waals surface area contributed by atoms with Gasteiger partial charge in [-0.3, -0.25) is 14.4 Å². The maximum absolute atomic E-state index is 14.4. The third-order valence-corrected chi connectivity index (χ3v) is 16.8. The van der Waals surface area contributed by atoms with Crippen molar-refractivity contribution in [2.24, 2.45) is 11.8 Å². The number of aliphatic hydroxyl groups is 1. The van der Waals surface area contributed by atoms with Gasteiger partial charge in [-0.2, -0.15) is 0 Å². The maximum atomic E-state index is 14.4. The Morgan fingerprint density at radius 2 is 1.63 bits per heavy atom. The number of ether oxygens (including phenoxy) is 1. The number of aryl methyl sites for hydroxylation is 1. The molecule has 3 amide bonds. The Balaban J connectivity index is 0.653. The van der Waals surface area contributed by atoms with Gasteiger partial charge in [0.05, 0.1) is 39.6 Å². The molecular weight excluding hydrogens is 973 g/mol. The van der Waals surface area contributed by atoms with Crippen molar-refractivity contribution >= 4 is 52.1 Å². The van der Waals surface area contributed by atoms with Gasteiger partial charge in [0.25, 0.3) is 0 Å². The summed E-state index contributed by atoms with van der Waals surface area (Å²) in [5.74, 6) is 0.507. The smallest absolute Gasteiger partial charge is 0.243 e. The molecule has 1 aliphatic carbocycles. The van der Waals surface area contributed by atoms with E-state index in [9.17, 15) is 24.6 Å². The minimum atomic E-state index is -0.843. The molecule has 2 aromatic carbocycles. The summed E-state index contributed by atoms with van der Waals surface area (Å²) in [6, 6.07) is 22.2. The molecule has 20 heteroatoms. The highest BCUT2D eigenvalue weighted by Gasteiger charge is 2.45. The molecule has 8 heterocycles. The van der Waals surface area contributed by atoms with Crippen molar-refractivity contribution in [3.8, 4) is 33.3 Å². The number of carbonyl (C=O) groups excluding carboxylic acids is 3. The normalized spacial score (nSPS) is 23.3. The summed E-state index contributed by atoms with van der Waals surface area (Å²) in [6.45, 7) is 11.5. The second-order valence-electron chi connectivity index (χ2n) is 21.1. The average Bonchev–Trinajstić information content (AvgIpc) is 4.21. The number of pyridine rings is 1. The largest absolute Gasteiger partial charge is 0.507 e. The number of aliphatic hydroxyl groups excluding tert-OH is 1. The summed E-state index contributed by atoms with van der Waals surface area (Å²) >= 11 is 1.59. The lowest BCUT2D eigenvalue weighted by molar-refractivity contribution is -0.142. The van der Waals surface area contributed by atoms with Crippen LogP contribution in [0.4, 0.5) is 23.0 Å². The van der Waals surface area contributed by atoms with Gasteiger partial charge in [0.2, 0.25) is 23.6 Å². The number of amides is 3. The molecule has 2 bridgehead atoms. The predicted octanol–water partition coefficient (Wildman–Crippen LogP) is 6.19. The van der Waals surface area contributed by atoms with Crippen molar-refractivity contribution < 1.29 is 33.9 Å². The number of para-hydroxylation sites is 1. The van der Waals surface area contributed by atoms with Gasteiger partial charge >= 0.3 is 0 Å². The van der Waals surface area contributed by atoms with Crippen LogP contribution in [0.25, 0.3) is 21.7 Å². The summed E-state index contributed by atoms with van der Waals surface area (Å²) in [4.78, 5) is 62.2. The fourth-order valence-corrected chi connectivity index (χ4v) is 12.6. The number of anilines is 4. The Morgan fingerprint density at radius 1 is 0.880 bits per heavy atom. The monoisotopic (exact) mass is 1040 g/mol. The number of hydrogen-bond acceptors (Lipinski definition) is 17. The first-order chi connectivity index (χ1) is 36.3. The van der Waals surface area contributed by atoms with Gasteiger partial charge in [0.1, 0.15) is 23.8 Å². The lowest BCUT2D eigenvalue weighted by Gasteiger charge is -2.43. The molecule has 5 fully saturated rings. The lowest BCUT2D eigenvalue weighted by atomic mass is 9.81. The lowest BCUT2D eigenvalue weighted by Crippen LogP contribution is -2.54. The van der Waals surface area contributed by atoms with Crippen LogP contribution in [-0.4, -0.2) is 139 Å². The van der Waals surface area contributed by atoms with E-state index in [0.29, 0.717) is 73.6 Å². The van der Waals surface area contributed by atoms with Crippen molar-refractivity contribution in [3.05, 3.63) is 102 Å². The fourth-order valence-electron chi connectivity index (χ4n) is 11.8. The first-order valence-corrected chi connectivity index (χ1v) is 27.0. The summed E-state index contributed by atoms with van der Waals surface area (Å²) in [5, 5.41) is 37.3. The molecule has 1 saturated carbocycles. The van der Waals surface area contributed by atoms with E-state index < -0.39 is 18.1 Å². The van der Waals surface area contributed by atoms with E-state index in [4.69, 9.17) is 15.0 Å². The number of nitrogen functional groups attached to an aromatic ring is 1. The van der Waals surface area contributed by atoms with Crippen LogP contribution >= 0.6 is 11.3 Å². The van der Waals surface area contributed by atoms with Crippen LogP contribution in [0.2, 0.25) is 0 Å². The topological polar surface area (TPSA) is 233 Å². The Bertz CT molecular complexity index is 3030. The van der Waals surface area contributed by atoms with Gasteiger partial charge in [-0.25, -0.2) is 9.97 Å². The molecule has 4 aliphatic heterocycles. The Labute approximate surface area is 439 Å². The number of nitrogens with two attached hydrogens (primary N) is 1. The Morgan fingerprint density at radius 3 is 2.33 bits per heavy atom. The highest BCUT2D eigenvalue weighted by Crippen LogP contribution is 2.41. The molecule has 5 N–H and O–H groups in total. The van der Waals surface area contributed by atoms with Crippen molar-refractivity contribution in [1.82, 2.24) is 40.4 Å². The molecule has 19 nitrogen and oxygen atoms in total. The molecule has 2 unspecified atom stereocenters.